The predicted octanol–water partition coefficient (Wildman–Crippen LogP) is 4.90. The summed E-state index contributed by atoms with van der Waals surface area (Å²) in [6, 6.07) is 19.4. The smallest absolute Gasteiger partial charge is 0.00184 e. The average Bonchev–Trinajstić information content (AvgIpc) is 2.42. The summed E-state index contributed by atoms with van der Waals surface area (Å²) < 4.78 is 0. The summed E-state index contributed by atoms with van der Waals surface area (Å²) in [4.78, 5) is 0. The molecule has 2 aromatic carbocycles. The van der Waals surface area contributed by atoms with Crippen LogP contribution in [0.25, 0.3) is 0 Å². The van der Waals surface area contributed by atoms with Crippen molar-refractivity contribution in [2.24, 2.45) is 0 Å². The van der Waals surface area contributed by atoms with Crippen LogP contribution in [0.2, 0.25) is 0 Å². The fourth-order valence-electron chi connectivity index (χ4n) is 2.20. The van der Waals surface area contributed by atoms with E-state index < -0.39 is 0 Å². The Morgan fingerprint density at radius 1 is 1.00 bits per heavy atom. The van der Waals surface area contributed by atoms with Gasteiger partial charge in [-0.05, 0) is 30.9 Å². The minimum Gasteiger partial charge on any atom is -0.102 e. The Morgan fingerprint density at radius 3 is 2.28 bits per heavy atom. The topological polar surface area (TPSA) is 0 Å². The second-order valence-electron chi connectivity index (χ2n) is 4.78. The van der Waals surface area contributed by atoms with E-state index in [1.165, 1.54) is 16.7 Å². The van der Waals surface area contributed by atoms with Crippen molar-refractivity contribution < 1.29 is 0 Å². The minimum atomic E-state index is 0.450. The van der Waals surface area contributed by atoms with Crippen LogP contribution < -0.4 is 0 Å². The molecule has 0 spiro atoms. The van der Waals surface area contributed by atoms with Gasteiger partial charge in [0, 0.05) is 5.92 Å². The maximum atomic E-state index is 3.97. The van der Waals surface area contributed by atoms with Crippen LogP contribution in [0.1, 0.15) is 29.0 Å². The van der Waals surface area contributed by atoms with E-state index in [-0.39, 0.29) is 0 Å². The Balaban J connectivity index is 2.02. The number of aryl methyl sites for hydroxylation is 2. The van der Waals surface area contributed by atoms with Crippen molar-refractivity contribution in [2.45, 2.75) is 25.7 Å². The zero-order valence-electron chi connectivity index (χ0n) is 11.0. The lowest BCUT2D eigenvalue weighted by molar-refractivity contribution is 0.737. The summed E-state index contributed by atoms with van der Waals surface area (Å²) in [6.07, 6.45) is 4.29. The van der Waals surface area contributed by atoms with Crippen molar-refractivity contribution in [3.05, 3.63) is 83.9 Å². The standard InChI is InChI=1S/C18H20/c1-3-17(18-12-9-15(2)10-13-18)14-11-16-7-5-4-6-8-16/h3-10,12-13,17H,1,11,14H2,2H3. The first-order valence-corrected chi connectivity index (χ1v) is 6.52. The second-order valence-corrected chi connectivity index (χ2v) is 4.78. The summed E-state index contributed by atoms with van der Waals surface area (Å²) in [6.45, 7) is 6.09. The summed E-state index contributed by atoms with van der Waals surface area (Å²) >= 11 is 0. The molecule has 1 unspecified atom stereocenters. The zero-order chi connectivity index (χ0) is 12.8. The molecule has 0 aromatic heterocycles. The van der Waals surface area contributed by atoms with E-state index in [1.54, 1.807) is 0 Å². The first kappa shape index (κ1) is 12.6. The van der Waals surface area contributed by atoms with Gasteiger partial charge in [0.05, 0.1) is 0 Å². The lowest BCUT2D eigenvalue weighted by Crippen LogP contribution is -1.97. The SMILES string of the molecule is C=CC(CCc1ccccc1)c1ccc(C)cc1. The van der Waals surface area contributed by atoms with Gasteiger partial charge in [-0.3, -0.25) is 0 Å². The molecule has 92 valence electrons. The van der Waals surface area contributed by atoms with Crippen LogP contribution in [0.5, 0.6) is 0 Å². The lowest BCUT2D eigenvalue weighted by atomic mass is 9.92. The highest BCUT2D eigenvalue weighted by Gasteiger charge is 2.07. The molecule has 0 aliphatic heterocycles. The highest BCUT2D eigenvalue weighted by Crippen LogP contribution is 2.23. The molecule has 0 heteroatoms. The summed E-state index contributed by atoms with van der Waals surface area (Å²) in [5.41, 5.74) is 4.08. The first-order valence-electron chi connectivity index (χ1n) is 6.52. The van der Waals surface area contributed by atoms with Crippen LogP contribution >= 0.6 is 0 Å². The Morgan fingerprint density at radius 2 is 1.67 bits per heavy atom. The molecular weight excluding hydrogens is 216 g/mol. The second kappa shape index (κ2) is 6.20. The summed E-state index contributed by atoms with van der Waals surface area (Å²) in [5.74, 6) is 0.450. The Labute approximate surface area is 110 Å². The van der Waals surface area contributed by atoms with Crippen LogP contribution in [0.15, 0.2) is 67.3 Å². The fraction of sp³-hybridized carbons (Fsp3) is 0.222. The van der Waals surface area contributed by atoms with Gasteiger partial charge in [0.2, 0.25) is 0 Å². The highest BCUT2D eigenvalue weighted by atomic mass is 14.1. The van der Waals surface area contributed by atoms with E-state index in [2.05, 4.69) is 74.2 Å². The van der Waals surface area contributed by atoms with Gasteiger partial charge in [0.15, 0.2) is 0 Å². The fourth-order valence-corrected chi connectivity index (χ4v) is 2.20. The Bertz CT molecular complexity index is 479. The first-order chi connectivity index (χ1) is 8.79. The molecule has 0 saturated carbocycles. The molecule has 0 heterocycles. The van der Waals surface area contributed by atoms with Crippen molar-refractivity contribution in [3.63, 3.8) is 0 Å². The average molecular weight is 236 g/mol. The van der Waals surface area contributed by atoms with E-state index in [9.17, 15) is 0 Å². The summed E-state index contributed by atoms with van der Waals surface area (Å²) in [5, 5.41) is 0. The van der Waals surface area contributed by atoms with Gasteiger partial charge >= 0.3 is 0 Å². The largest absolute Gasteiger partial charge is 0.102 e. The van der Waals surface area contributed by atoms with Crippen LogP contribution in [0.3, 0.4) is 0 Å². The number of hydrogen-bond acceptors (Lipinski definition) is 0. The van der Waals surface area contributed by atoms with Crippen molar-refractivity contribution in [2.75, 3.05) is 0 Å². The van der Waals surface area contributed by atoms with Gasteiger partial charge < -0.3 is 0 Å². The van der Waals surface area contributed by atoms with Gasteiger partial charge in [0.1, 0.15) is 0 Å². The van der Waals surface area contributed by atoms with Crippen LogP contribution in [0, 0.1) is 6.92 Å². The zero-order valence-corrected chi connectivity index (χ0v) is 11.0. The third-order valence-corrected chi connectivity index (χ3v) is 3.38. The van der Waals surface area contributed by atoms with E-state index in [0.717, 1.165) is 12.8 Å². The molecule has 0 fully saturated rings. The predicted molar refractivity (Wildman–Crippen MR) is 78.9 cm³/mol. The molecule has 2 aromatic rings. The van der Waals surface area contributed by atoms with Gasteiger partial charge in [-0.1, -0.05) is 66.2 Å². The molecule has 0 saturated heterocycles. The van der Waals surface area contributed by atoms with Crippen molar-refractivity contribution in [1.29, 1.82) is 0 Å². The van der Waals surface area contributed by atoms with Crippen LogP contribution in [0.4, 0.5) is 0 Å². The molecule has 18 heavy (non-hydrogen) atoms. The summed E-state index contributed by atoms with van der Waals surface area (Å²) in [7, 11) is 0. The normalized spacial score (nSPS) is 12.1. The van der Waals surface area contributed by atoms with Crippen LogP contribution in [-0.4, -0.2) is 0 Å². The third-order valence-electron chi connectivity index (χ3n) is 3.38. The maximum absolute atomic E-state index is 3.97. The maximum Gasteiger partial charge on any atom is 0.00184 e. The molecule has 0 radical (unpaired) electrons. The Kier molecular flexibility index (Phi) is 4.35. The number of rotatable bonds is 5. The van der Waals surface area contributed by atoms with Crippen molar-refractivity contribution in [1.82, 2.24) is 0 Å². The van der Waals surface area contributed by atoms with Gasteiger partial charge in [0.25, 0.3) is 0 Å². The molecule has 0 N–H and O–H groups in total. The van der Waals surface area contributed by atoms with E-state index in [1.807, 2.05) is 0 Å². The molecule has 0 bridgehead atoms. The highest BCUT2D eigenvalue weighted by molar-refractivity contribution is 5.27. The molecule has 0 amide bonds. The molecule has 0 nitrogen and oxygen atoms in total. The Hall–Kier alpha value is -1.82. The molecule has 0 aliphatic carbocycles. The lowest BCUT2D eigenvalue weighted by Gasteiger charge is -2.13. The molecule has 2 rings (SSSR count). The third kappa shape index (κ3) is 3.33. The van der Waals surface area contributed by atoms with Gasteiger partial charge in [-0.25, -0.2) is 0 Å². The number of benzene rings is 2. The number of hydrogen-bond donors (Lipinski definition) is 0. The van der Waals surface area contributed by atoms with E-state index >= 15 is 0 Å². The quantitative estimate of drug-likeness (QED) is 0.648. The molecule has 0 aliphatic rings. The number of allylic oxidation sites excluding steroid dienone is 1. The van der Waals surface area contributed by atoms with Gasteiger partial charge in [-0.15, -0.1) is 6.58 Å². The monoisotopic (exact) mass is 236 g/mol. The van der Waals surface area contributed by atoms with E-state index in [4.69, 9.17) is 0 Å². The van der Waals surface area contributed by atoms with Crippen molar-refractivity contribution in [3.8, 4) is 0 Å². The van der Waals surface area contributed by atoms with Crippen LogP contribution in [-0.2, 0) is 6.42 Å². The molecular formula is C18H20. The van der Waals surface area contributed by atoms with Crippen molar-refractivity contribution >= 4 is 0 Å². The van der Waals surface area contributed by atoms with E-state index in [0.29, 0.717) is 5.92 Å². The van der Waals surface area contributed by atoms with Gasteiger partial charge in [-0.2, -0.15) is 0 Å². The molecule has 1 atom stereocenters. The minimum absolute atomic E-state index is 0.450.